The summed E-state index contributed by atoms with van der Waals surface area (Å²) < 4.78 is 0. The van der Waals surface area contributed by atoms with Gasteiger partial charge in [0.25, 0.3) is 0 Å². The van der Waals surface area contributed by atoms with Gasteiger partial charge in [0, 0.05) is 29.8 Å². The predicted molar refractivity (Wildman–Crippen MR) is 72.6 cm³/mol. The van der Waals surface area contributed by atoms with Crippen LogP contribution in [0.1, 0.15) is 12.5 Å². The fraction of sp³-hybridized carbons (Fsp3) is 0.538. The van der Waals surface area contributed by atoms with Crippen LogP contribution in [-0.2, 0) is 0 Å². The first-order chi connectivity index (χ1) is 7.63. The van der Waals surface area contributed by atoms with Gasteiger partial charge >= 0.3 is 0 Å². The maximum Gasteiger partial charge on any atom is 0.0507 e. The first-order valence-electron chi connectivity index (χ1n) is 5.78. The molecule has 0 aliphatic carbocycles. The molecule has 2 rings (SSSR count). The summed E-state index contributed by atoms with van der Waals surface area (Å²) in [7, 11) is 4.23. The van der Waals surface area contributed by atoms with Gasteiger partial charge in [0.15, 0.2) is 0 Å². The highest BCUT2D eigenvalue weighted by atomic mass is 32.2. The highest BCUT2D eigenvalue weighted by Gasteiger charge is 2.29. The van der Waals surface area contributed by atoms with E-state index in [9.17, 15) is 0 Å². The molecular formula is C13H20N2S. The van der Waals surface area contributed by atoms with Crippen LogP contribution in [0, 0.1) is 6.92 Å². The monoisotopic (exact) mass is 236 g/mol. The van der Waals surface area contributed by atoms with E-state index in [1.807, 2.05) is 18.8 Å². The van der Waals surface area contributed by atoms with Gasteiger partial charge in [-0.2, -0.15) is 0 Å². The third kappa shape index (κ3) is 2.06. The molecule has 0 bridgehead atoms. The third-order valence-electron chi connectivity index (χ3n) is 3.33. The third-order valence-corrected chi connectivity index (χ3v) is 4.79. The second-order valence-electron chi connectivity index (χ2n) is 4.54. The van der Waals surface area contributed by atoms with E-state index < -0.39 is 0 Å². The molecule has 2 atom stereocenters. The molecule has 16 heavy (non-hydrogen) atoms. The van der Waals surface area contributed by atoms with Gasteiger partial charge in [0.2, 0.25) is 0 Å². The number of thioether (sulfide) groups is 1. The second-order valence-corrected chi connectivity index (χ2v) is 5.82. The Morgan fingerprint density at radius 2 is 2.19 bits per heavy atom. The van der Waals surface area contributed by atoms with Gasteiger partial charge in [-0.15, -0.1) is 11.8 Å². The Morgan fingerprint density at radius 1 is 1.44 bits per heavy atom. The Hall–Kier alpha value is -0.670. The smallest absolute Gasteiger partial charge is 0.0507 e. The zero-order chi connectivity index (χ0) is 11.7. The molecule has 0 fully saturated rings. The fourth-order valence-corrected chi connectivity index (χ4v) is 3.57. The van der Waals surface area contributed by atoms with Crippen molar-refractivity contribution >= 4 is 17.4 Å². The summed E-state index contributed by atoms with van der Waals surface area (Å²) in [6.07, 6.45) is 0. The average molecular weight is 236 g/mol. The summed E-state index contributed by atoms with van der Waals surface area (Å²) in [5.41, 5.74) is 2.72. The second kappa shape index (κ2) is 4.68. The summed E-state index contributed by atoms with van der Waals surface area (Å²) in [6.45, 7) is 5.52. The molecule has 0 radical (unpaired) electrons. The van der Waals surface area contributed by atoms with E-state index in [0.29, 0.717) is 11.3 Å². The predicted octanol–water partition coefficient (Wildman–Crippen LogP) is 2.51. The van der Waals surface area contributed by atoms with E-state index in [4.69, 9.17) is 0 Å². The van der Waals surface area contributed by atoms with Gasteiger partial charge in [0.1, 0.15) is 0 Å². The number of benzene rings is 1. The summed E-state index contributed by atoms with van der Waals surface area (Å²) in [5.74, 6) is 0. The van der Waals surface area contributed by atoms with Crippen LogP contribution >= 0.6 is 11.8 Å². The van der Waals surface area contributed by atoms with Crippen molar-refractivity contribution in [1.29, 1.82) is 0 Å². The van der Waals surface area contributed by atoms with Crippen molar-refractivity contribution in [3.63, 3.8) is 0 Å². The van der Waals surface area contributed by atoms with Crippen molar-refractivity contribution in [2.45, 2.75) is 30.0 Å². The van der Waals surface area contributed by atoms with Crippen LogP contribution in [-0.4, -0.2) is 31.9 Å². The molecule has 1 heterocycles. The van der Waals surface area contributed by atoms with Crippen molar-refractivity contribution in [1.82, 2.24) is 5.32 Å². The molecule has 1 aliphatic rings. The molecular weight excluding hydrogens is 216 g/mol. The minimum absolute atomic E-state index is 0.576. The van der Waals surface area contributed by atoms with Crippen molar-refractivity contribution in [2.24, 2.45) is 0 Å². The Kier molecular flexibility index (Phi) is 3.45. The summed E-state index contributed by atoms with van der Waals surface area (Å²) >= 11 is 2.00. The van der Waals surface area contributed by atoms with Crippen molar-refractivity contribution in [3.05, 3.63) is 23.8 Å². The van der Waals surface area contributed by atoms with Crippen LogP contribution in [0.2, 0.25) is 0 Å². The minimum atomic E-state index is 0.576. The lowest BCUT2D eigenvalue weighted by Gasteiger charge is -2.39. The topological polar surface area (TPSA) is 15.3 Å². The van der Waals surface area contributed by atoms with Gasteiger partial charge in [-0.1, -0.05) is 6.07 Å². The van der Waals surface area contributed by atoms with Gasteiger partial charge < -0.3 is 10.2 Å². The number of anilines is 1. The number of hydrogen-bond donors (Lipinski definition) is 1. The molecule has 1 aromatic rings. The summed E-state index contributed by atoms with van der Waals surface area (Å²) in [5, 5.41) is 3.91. The quantitative estimate of drug-likeness (QED) is 0.849. The lowest BCUT2D eigenvalue weighted by atomic mass is 10.1. The van der Waals surface area contributed by atoms with Crippen LogP contribution in [0.4, 0.5) is 5.69 Å². The van der Waals surface area contributed by atoms with Gasteiger partial charge in [-0.25, -0.2) is 0 Å². The Morgan fingerprint density at radius 3 is 2.88 bits per heavy atom. The fourth-order valence-electron chi connectivity index (χ4n) is 2.15. The highest BCUT2D eigenvalue weighted by molar-refractivity contribution is 8.00. The largest absolute Gasteiger partial charge is 0.370 e. The number of aryl methyl sites for hydroxylation is 1. The molecule has 1 aromatic carbocycles. The number of nitrogens with one attached hydrogen (secondary N) is 1. The van der Waals surface area contributed by atoms with E-state index in [2.05, 4.69) is 49.3 Å². The lowest BCUT2D eigenvalue weighted by molar-refractivity contribution is 0.603. The lowest BCUT2D eigenvalue weighted by Crippen LogP contribution is -2.44. The Balaban J connectivity index is 2.32. The zero-order valence-electron chi connectivity index (χ0n) is 10.4. The number of hydrogen-bond acceptors (Lipinski definition) is 3. The molecule has 0 saturated heterocycles. The first-order valence-corrected chi connectivity index (χ1v) is 6.66. The van der Waals surface area contributed by atoms with Crippen LogP contribution in [0.25, 0.3) is 0 Å². The van der Waals surface area contributed by atoms with Crippen LogP contribution in [0.3, 0.4) is 0 Å². The number of rotatable bonds is 2. The molecule has 1 aliphatic heterocycles. The molecule has 88 valence electrons. The van der Waals surface area contributed by atoms with Crippen LogP contribution in [0.15, 0.2) is 23.1 Å². The van der Waals surface area contributed by atoms with E-state index in [1.165, 1.54) is 16.1 Å². The summed E-state index contributed by atoms with van der Waals surface area (Å²) in [4.78, 5) is 3.81. The highest BCUT2D eigenvalue weighted by Crippen LogP contribution is 2.40. The maximum absolute atomic E-state index is 3.28. The normalized spacial score (nSPS) is 24.4. The van der Waals surface area contributed by atoms with Crippen LogP contribution < -0.4 is 10.2 Å². The van der Waals surface area contributed by atoms with Gasteiger partial charge in [-0.3, -0.25) is 0 Å². The van der Waals surface area contributed by atoms with E-state index in [0.717, 1.165) is 6.54 Å². The Bertz CT molecular complexity index is 378. The zero-order valence-corrected chi connectivity index (χ0v) is 11.3. The van der Waals surface area contributed by atoms with Gasteiger partial charge in [-0.05, 0) is 38.6 Å². The molecule has 0 aromatic heterocycles. The minimum Gasteiger partial charge on any atom is -0.370 e. The van der Waals surface area contributed by atoms with Gasteiger partial charge in [0.05, 0.1) is 5.69 Å². The Labute approximate surface area is 102 Å². The molecule has 3 heteroatoms. The number of fused-ring (bicyclic) bond motifs is 1. The molecule has 1 N–H and O–H groups in total. The van der Waals surface area contributed by atoms with Crippen LogP contribution in [0.5, 0.6) is 0 Å². The van der Waals surface area contributed by atoms with Crippen molar-refractivity contribution in [2.75, 3.05) is 25.5 Å². The van der Waals surface area contributed by atoms with Crippen molar-refractivity contribution < 1.29 is 0 Å². The maximum atomic E-state index is 3.28. The van der Waals surface area contributed by atoms with E-state index in [1.54, 1.807) is 0 Å². The molecule has 0 amide bonds. The average Bonchev–Trinajstić information content (AvgIpc) is 2.27. The van der Waals surface area contributed by atoms with E-state index >= 15 is 0 Å². The number of nitrogens with zero attached hydrogens (tertiary/aromatic N) is 1. The molecule has 0 spiro atoms. The summed E-state index contributed by atoms with van der Waals surface area (Å²) in [6, 6.07) is 7.31. The standard InChI is InChI=1S/C13H20N2S/c1-9-5-6-12-11(7-9)15(4)10(2)13(16-12)8-14-3/h5-7,10,13-14H,8H2,1-4H3. The first kappa shape index (κ1) is 11.8. The molecule has 2 nitrogen and oxygen atoms in total. The molecule has 0 saturated carbocycles. The van der Waals surface area contributed by atoms with E-state index in [-0.39, 0.29) is 0 Å². The molecule has 2 unspecified atom stereocenters. The van der Waals surface area contributed by atoms with Crippen molar-refractivity contribution in [3.8, 4) is 0 Å². The SMILES string of the molecule is CNCC1Sc2ccc(C)cc2N(C)C1C.